The normalized spacial score (nSPS) is 12.1. The molecule has 0 saturated carbocycles. The molecule has 0 aromatic heterocycles. The maximum atomic E-state index is 12.6. The van der Waals surface area contributed by atoms with Crippen LogP contribution in [0.25, 0.3) is 6.08 Å². The fourth-order valence-electron chi connectivity index (χ4n) is 1.45. The lowest BCUT2D eigenvalue weighted by molar-refractivity contribution is -0.137. The van der Waals surface area contributed by atoms with E-state index in [2.05, 4.69) is 0 Å². The van der Waals surface area contributed by atoms with Crippen LogP contribution in [-0.4, -0.2) is 17.0 Å². The lowest BCUT2D eigenvalue weighted by Gasteiger charge is -2.12. The van der Waals surface area contributed by atoms with Crippen molar-refractivity contribution in [2.24, 2.45) is 0 Å². The Morgan fingerprint density at radius 2 is 1.95 bits per heavy atom. The Kier molecular flexibility index (Phi) is 4.84. The van der Waals surface area contributed by atoms with E-state index in [9.17, 15) is 22.8 Å². The van der Waals surface area contributed by atoms with Gasteiger partial charge >= 0.3 is 12.1 Å². The second-order valence-corrected chi connectivity index (χ2v) is 4.35. The van der Waals surface area contributed by atoms with E-state index in [1.165, 1.54) is 0 Å². The molecule has 0 unspecified atom stereocenters. The summed E-state index contributed by atoms with van der Waals surface area (Å²) in [7, 11) is 0. The maximum Gasteiger partial charge on any atom is 0.417 e. The van der Waals surface area contributed by atoms with Gasteiger partial charge in [0.15, 0.2) is 0 Å². The molecule has 0 aliphatic heterocycles. The van der Waals surface area contributed by atoms with Crippen molar-refractivity contribution in [2.45, 2.75) is 13.1 Å². The number of nitrogen functional groups attached to an aromatic ring is 1. The third kappa shape index (κ3) is 4.12. The standard InChI is InChI=1S/C12H10ClF3N2O3/c1-5(19)18-8(11(20)21)4-6-2-3-7(12(14,15)16)9(13)10(6)17/h2-4H,17H2,1H3,(H,18,19)(H,20,21)/b8-4-. The SMILES string of the molecule is CC(=O)N/C(=C\c1ccc(C(F)(F)F)c(Cl)c1N)C(=O)O. The first-order valence-electron chi connectivity index (χ1n) is 5.41. The van der Waals surface area contributed by atoms with Crippen LogP contribution in [0, 0.1) is 0 Å². The summed E-state index contributed by atoms with van der Waals surface area (Å²) < 4.78 is 37.8. The van der Waals surface area contributed by atoms with Crippen molar-refractivity contribution in [2.75, 3.05) is 5.73 Å². The zero-order valence-corrected chi connectivity index (χ0v) is 11.3. The fraction of sp³-hybridized carbons (Fsp3) is 0.167. The number of amides is 1. The highest BCUT2D eigenvalue weighted by Gasteiger charge is 2.34. The molecule has 1 rings (SSSR count). The van der Waals surface area contributed by atoms with Crippen molar-refractivity contribution in [3.8, 4) is 0 Å². The van der Waals surface area contributed by atoms with E-state index in [-0.39, 0.29) is 5.56 Å². The van der Waals surface area contributed by atoms with Crippen LogP contribution >= 0.6 is 11.6 Å². The number of hydrogen-bond acceptors (Lipinski definition) is 3. The average molecular weight is 323 g/mol. The summed E-state index contributed by atoms with van der Waals surface area (Å²) in [4.78, 5) is 21.8. The first-order chi connectivity index (χ1) is 9.54. The predicted octanol–water partition coefficient (Wildman–Crippen LogP) is 2.50. The summed E-state index contributed by atoms with van der Waals surface area (Å²) in [6.07, 6.45) is -3.76. The van der Waals surface area contributed by atoms with Crippen LogP contribution in [0.15, 0.2) is 17.8 Å². The van der Waals surface area contributed by atoms with Crippen LogP contribution in [-0.2, 0) is 15.8 Å². The van der Waals surface area contributed by atoms with E-state index in [4.69, 9.17) is 22.4 Å². The van der Waals surface area contributed by atoms with Gasteiger partial charge in [-0.2, -0.15) is 13.2 Å². The van der Waals surface area contributed by atoms with Crippen molar-refractivity contribution in [1.29, 1.82) is 0 Å². The number of nitrogens with one attached hydrogen (secondary N) is 1. The van der Waals surface area contributed by atoms with Gasteiger partial charge in [-0.3, -0.25) is 4.79 Å². The molecule has 0 spiro atoms. The number of carbonyl (C=O) groups is 2. The molecule has 1 amide bonds. The number of carbonyl (C=O) groups excluding carboxylic acids is 1. The monoisotopic (exact) mass is 322 g/mol. The Morgan fingerprint density at radius 1 is 1.38 bits per heavy atom. The van der Waals surface area contributed by atoms with Crippen LogP contribution in [0.5, 0.6) is 0 Å². The minimum absolute atomic E-state index is 0.0563. The number of nitrogens with two attached hydrogens (primary N) is 1. The fourth-order valence-corrected chi connectivity index (χ4v) is 1.73. The van der Waals surface area contributed by atoms with E-state index in [1.807, 2.05) is 5.32 Å². The van der Waals surface area contributed by atoms with Gasteiger partial charge in [0.2, 0.25) is 5.91 Å². The van der Waals surface area contributed by atoms with E-state index >= 15 is 0 Å². The van der Waals surface area contributed by atoms with Gasteiger partial charge < -0.3 is 16.2 Å². The number of benzene rings is 1. The molecule has 0 heterocycles. The lowest BCUT2D eigenvalue weighted by Crippen LogP contribution is -2.24. The third-order valence-electron chi connectivity index (χ3n) is 2.36. The van der Waals surface area contributed by atoms with E-state index in [0.29, 0.717) is 6.07 Å². The molecule has 4 N–H and O–H groups in total. The highest BCUT2D eigenvalue weighted by Crippen LogP contribution is 2.39. The number of hydrogen-bond donors (Lipinski definition) is 3. The molecule has 0 aliphatic carbocycles. The lowest BCUT2D eigenvalue weighted by atomic mass is 10.1. The molecule has 0 aliphatic rings. The smallest absolute Gasteiger partial charge is 0.417 e. The van der Waals surface area contributed by atoms with Gasteiger partial charge in [-0.05, 0) is 12.1 Å². The van der Waals surface area contributed by atoms with Gasteiger partial charge in [0.05, 0.1) is 16.3 Å². The molecule has 21 heavy (non-hydrogen) atoms. The largest absolute Gasteiger partial charge is 0.477 e. The second kappa shape index (κ2) is 6.04. The topological polar surface area (TPSA) is 92.4 Å². The van der Waals surface area contributed by atoms with Crippen LogP contribution in [0.1, 0.15) is 18.1 Å². The number of halogens is 4. The molecule has 1 aromatic rings. The molecule has 114 valence electrons. The van der Waals surface area contributed by atoms with Crippen molar-refractivity contribution < 1.29 is 27.9 Å². The minimum Gasteiger partial charge on any atom is -0.477 e. The maximum absolute atomic E-state index is 12.6. The number of carboxylic acid groups (broad SMARTS) is 1. The Hall–Kier alpha value is -2.22. The predicted molar refractivity (Wildman–Crippen MR) is 70.3 cm³/mol. The summed E-state index contributed by atoms with van der Waals surface area (Å²) in [6, 6.07) is 1.65. The number of aliphatic carboxylic acids is 1. The molecule has 0 saturated heterocycles. The van der Waals surface area contributed by atoms with Gasteiger partial charge in [-0.25, -0.2) is 4.79 Å². The highest BCUT2D eigenvalue weighted by molar-refractivity contribution is 6.34. The van der Waals surface area contributed by atoms with Crippen LogP contribution in [0.2, 0.25) is 5.02 Å². The molecular weight excluding hydrogens is 313 g/mol. The quantitative estimate of drug-likeness (QED) is 0.589. The highest BCUT2D eigenvalue weighted by atomic mass is 35.5. The van der Waals surface area contributed by atoms with Gasteiger partial charge in [0, 0.05) is 12.5 Å². The summed E-state index contributed by atoms with van der Waals surface area (Å²) >= 11 is 5.54. The van der Waals surface area contributed by atoms with Crippen LogP contribution in [0.4, 0.5) is 18.9 Å². The summed E-state index contributed by atoms with van der Waals surface area (Å²) in [5, 5.41) is 10.2. The van der Waals surface area contributed by atoms with E-state index < -0.39 is 40.0 Å². The zero-order valence-electron chi connectivity index (χ0n) is 10.6. The number of rotatable bonds is 3. The Balaban J connectivity index is 3.35. The van der Waals surface area contributed by atoms with Gasteiger partial charge in [-0.1, -0.05) is 17.7 Å². The van der Waals surface area contributed by atoms with Crippen molar-refractivity contribution >= 4 is 35.2 Å². The minimum atomic E-state index is -4.68. The molecule has 0 atom stereocenters. The third-order valence-corrected chi connectivity index (χ3v) is 2.77. The van der Waals surface area contributed by atoms with E-state index in [0.717, 1.165) is 19.1 Å². The Bertz CT molecular complexity index is 627. The van der Waals surface area contributed by atoms with Gasteiger partial charge in [0.25, 0.3) is 0 Å². The first kappa shape index (κ1) is 16.8. The van der Waals surface area contributed by atoms with Crippen molar-refractivity contribution in [3.05, 3.63) is 34.0 Å². The number of alkyl halides is 3. The van der Waals surface area contributed by atoms with Crippen molar-refractivity contribution in [1.82, 2.24) is 5.32 Å². The zero-order chi connectivity index (χ0) is 16.4. The molecule has 0 fully saturated rings. The second-order valence-electron chi connectivity index (χ2n) is 3.97. The molecular formula is C12H10ClF3N2O3. The Labute approximate surface area is 122 Å². The van der Waals surface area contributed by atoms with E-state index in [1.54, 1.807) is 0 Å². The summed E-state index contributed by atoms with van der Waals surface area (Å²) in [5.74, 6) is -2.12. The van der Waals surface area contributed by atoms with Crippen LogP contribution < -0.4 is 11.1 Å². The summed E-state index contributed by atoms with van der Waals surface area (Å²) in [6.45, 7) is 1.08. The first-order valence-corrected chi connectivity index (χ1v) is 5.79. The number of anilines is 1. The van der Waals surface area contributed by atoms with Crippen LogP contribution in [0.3, 0.4) is 0 Å². The molecule has 0 radical (unpaired) electrons. The Morgan fingerprint density at radius 3 is 2.38 bits per heavy atom. The summed E-state index contributed by atoms with van der Waals surface area (Å²) in [5.41, 5.74) is 3.32. The molecule has 9 heteroatoms. The van der Waals surface area contributed by atoms with Gasteiger partial charge in [-0.15, -0.1) is 0 Å². The molecule has 0 bridgehead atoms. The molecule has 5 nitrogen and oxygen atoms in total. The van der Waals surface area contributed by atoms with Crippen molar-refractivity contribution in [3.63, 3.8) is 0 Å². The van der Waals surface area contributed by atoms with Gasteiger partial charge in [0.1, 0.15) is 5.70 Å². The number of carboxylic acids is 1. The average Bonchev–Trinajstić information content (AvgIpc) is 2.31. The molecule has 1 aromatic carbocycles.